The molecular weight excluding hydrogens is 495 g/mol. The van der Waals surface area contributed by atoms with Crippen molar-refractivity contribution in [1.29, 1.82) is 0 Å². The Morgan fingerprint density at radius 3 is 2.39 bits per heavy atom. The lowest BCUT2D eigenvalue weighted by molar-refractivity contribution is -0.387. The number of nitrogens with one attached hydrogen (secondary N) is 1. The number of hydrogen-bond donors (Lipinski definition) is 1. The zero-order chi connectivity index (χ0) is 20.1. The highest BCUT2D eigenvalue weighted by Gasteiger charge is 2.25. The molecule has 0 aliphatic rings. The lowest BCUT2D eigenvalue weighted by Crippen LogP contribution is -2.15. The number of ether oxygens (including phenoxy) is 1. The van der Waals surface area contributed by atoms with E-state index in [4.69, 9.17) is 4.74 Å². The van der Waals surface area contributed by atoms with Gasteiger partial charge in [0.15, 0.2) is 4.90 Å². The summed E-state index contributed by atoms with van der Waals surface area (Å²) in [5.74, 6) is 0.697. The van der Waals surface area contributed by atoms with Crippen LogP contribution < -0.4 is 9.46 Å². The fraction of sp³-hybridized carbons (Fsp3) is 0.0526. The lowest BCUT2D eigenvalue weighted by Gasteiger charge is -2.12. The van der Waals surface area contributed by atoms with Crippen LogP contribution in [-0.4, -0.2) is 13.3 Å². The summed E-state index contributed by atoms with van der Waals surface area (Å²) in [6.07, 6.45) is 0. The van der Waals surface area contributed by atoms with Gasteiger partial charge in [-0.2, -0.15) is 0 Å². The molecule has 1 N–H and O–H groups in total. The number of para-hydroxylation sites is 2. The topological polar surface area (TPSA) is 98.5 Å². The van der Waals surface area contributed by atoms with Crippen LogP contribution in [0.25, 0.3) is 0 Å². The van der Waals surface area contributed by atoms with E-state index >= 15 is 0 Å². The van der Waals surface area contributed by atoms with E-state index < -0.39 is 20.6 Å². The molecule has 0 fully saturated rings. The third-order valence-corrected chi connectivity index (χ3v) is 6.13. The second-order valence-electron chi connectivity index (χ2n) is 5.75. The van der Waals surface area contributed by atoms with Crippen molar-refractivity contribution in [2.45, 2.75) is 11.5 Å². The first-order valence-electron chi connectivity index (χ1n) is 8.09. The largest absolute Gasteiger partial charge is 0.489 e. The number of nitro benzene ring substituents is 1. The van der Waals surface area contributed by atoms with Gasteiger partial charge in [0, 0.05) is 9.64 Å². The Bertz CT molecular complexity index is 1100. The summed E-state index contributed by atoms with van der Waals surface area (Å²) in [4.78, 5) is 10.1. The molecule has 3 aromatic carbocycles. The van der Waals surface area contributed by atoms with Gasteiger partial charge in [-0.3, -0.25) is 14.8 Å². The molecule has 3 rings (SSSR count). The number of hydrogen-bond acceptors (Lipinski definition) is 5. The van der Waals surface area contributed by atoms with E-state index in [9.17, 15) is 18.5 Å². The van der Waals surface area contributed by atoms with Crippen LogP contribution in [0.15, 0.2) is 77.7 Å². The summed E-state index contributed by atoms with van der Waals surface area (Å²) in [5.41, 5.74) is 0.603. The van der Waals surface area contributed by atoms with E-state index in [1.165, 1.54) is 18.2 Å². The summed E-state index contributed by atoms with van der Waals surface area (Å²) in [7, 11) is -4.13. The van der Waals surface area contributed by atoms with Gasteiger partial charge in [-0.15, -0.1) is 0 Å². The van der Waals surface area contributed by atoms with Crippen molar-refractivity contribution in [3.63, 3.8) is 0 Å². The highest BCUT2D eigenvalue weighted by molar-refractivity contribution is 14.1. The summed E-state index contributed by atoms with van der Waals surface area (Å²) < 4.78 is 34.2. The fourth-order valence-corrected chi connectivity index (χ4v) is 4.36. The van der Waals surface area contributed by atoms with Crippen LogP contribution in [0.1, 0.15) is 5.56 Å². The quantitative estimate of drug-likeness (QED) is 0.285. The minimum absolute atomic E-state index is 0.251. The molecule has 0 atom stereocenters. The van der Waals surface area contributed by atoms with Crippen molar-refractivity contribution in [1.82, 2.24) is 0 Å². The summed E-state index contributed by atoms with van der Waals surface area (Å²) in [6.45, 7) is 0.251. The van der Waals surface area contributed by atoms with Crippen LogP contribution in [0.3, 0.4) is 0 Å². The van der Waals surface area contributed by atoms with Crippen molar-refractivity contribution in [3.05, 3.63) is 92.0 Å². The molecule has 3 aromatic rings. The summed E-state index contributed by atoms with van der Waals surface area (Å²) in [6, 6.07) is 19.7. The normalized spacial score (nSPS) is 11.0. The van der Waals surface area contributed by atoms with Crippen molar-refractivity contribution >= 4 is 44.0 Å². The Morgan fingerprint density at radius 2 is 1.68 bits per heavy atom. The predicted molar refractivity (Wildman–Crippen MR) is 114 cm³/mol. The maximum atomic E-state index is 12.7. The maximum Gasteiger partial charge on any atom is 0.289 e. The molecule has 0 saturated carbocycles. The van der Waals surface area contributed by atoms with Gasteiger partial charge in [0.25, 0.3) is 15.7 Å². The number of anilines is 1. The van der Waals surface area contributed by atoms with E-state index in [1.807, 2.05) is 59.0 Å². The van der Waals surface area contributed by atoms with Crippen LogP contribution in [0.2, 0.25) is 0 Å². The number of sulfonamides is 1. The first-order chi connectivity index (χ1) is 13.4. The minimum Gasteiger partial charge on any atom is -0.489 e. The molecule has 0 saturated heterocycles. The first-order valence-corrected chi connectivity index (χ1v) is 10.7. The SMILES string of the molecule is O=[N+]([O-])c1ccccc1S(=O)(=O)Nc1cc(COc2ccccc2)ccc1I. The molecule has 0 spiro atoms. The average molecular weight is 510 g/mol. The van der Waals surface area contributed by atoms with Crippen LogP contribution in [0.4, 0.5) is 11.4 Å². The summed E-state index contributed by atoms with van der Waals surface area (Å²) in [5, 5.41) is 11.2. The molecule has 144 valence electrons. The predicted octanol–water partition coefficient (Wildman–Crippen LogP) is 4.58. The molecule has 0 aromatic heterocycles. The number of nitro groups is 1. The number of nitrogens with zero attached hydrogens (tertiary/aromatic N) is 1. The van der Waals surface area contributed by atoms with E-state index in [2.05, 4.69) is 4.72 Å². The molecule has 28 heavy (non-hydrogen) atoms. The molecule has 0 aliphatic carbocycles. The molecule has 0 unspecified atom stereocenters. The molecule has 0 amide bonds. The van der Waals surface area contributed by atoms with E-state index in [-0.39, 0.29) is 11.5 Å². The Hall–Kier alpha value is -2.66. The van der Waals surface area contributed by atoms with Crippen molar-refractivity contribution < 1.29 is 18.1 Å². The van der Waals surface area contributed by atoms with Crippen molar-refractivity contribution in [3.8, 4) is 5.75 Å². The highest BCUT2D eigenvalue weighted by Crippen LogP contribution is 2.28. The Balaban J connectivity index is 1.85. The third kappa shape index (κ3) is 4.78. The highest BCUT2D eigenvalue weighted by atomic mass is 127. The maximum absolute atomic E-state index is 12.7. The second-order valence-corrected chi connectivity index (χ2v) is 8.56. The van der Waals surface area contributed by atoms with Gasteiger partial charge in [0.05, 0.1) is 10.6 Å². The van der Waals surface area contributed by atoms with Gasteiger partial charge in [-0.05, 0) is 58.5 Å². The van der Waals surface area contributed by atoms with E-state index in [1.54, 1.807) is 12.1 Å². The van der Waals surface area contributed by atoms with Gasteiger partial charge in [-0.25, -0.2) is 8.42 Å². The second kappa shape index (κ2) is 8.57. The molecular formula is C19H15IN2O5S. The van der Waals surface area contributed by atoms with Crippen molar-refractivity contribution in [2.24, 2.45) is 0 Å². The Kier molecular flexibility index (Phi) is 6.15. The average Bonchev–Trinajstić information content (AvgIpc) is 2.69. The number of halogens is 1. The zero-order valence-corrected chi connectivity index (χ0v) is 17.4. The molecule has 0 bridgehead atoms. The first kappa shape index (κ1) is 20.1. The van der Waals surface area contributed by atoms with Crippen LogP contribution in [0, 0.1) is 13.7 Å². The summed E-state index contributed by atoms with van der Waals surface area (Å²) >= 11 is 2.00. The van der Waals surface area contributed by atoms with Gasteiger partial charge < -0.3 is 4.74 Å². The molecule has 0 heterocycles. The van der Waals surface area contributed by atoms with Gasteiger partial charge in [0.2, 0.25) is 0 Å². The van der Waals surface area contributed by atoms with Gasteiger partial charge in [0.1, 0.15) is 12.4 Å². The fourth-order valence-electron chi connectivity index (χ4n) is 2.46. The van der Waals surface area contributed by atoms with Gasteiger partial charge >= 0.3 is 0 Å². The van der Waals surface area contributed by atoms with Crippen LogP contribution in [-0.2, 0) is 16.6 Å². The van der Waals surface area contributed by atoms with Crippen molar-refractivity contribution in [2.75, 3.05) is 4.72 Å². The Labute approximate surface area is 175 Å². The van der Waals surface area contributed by atoms with Gasteiger partial charge in [-0.1, -0.05) is 36.4 Å². The number of rotatable bonds is 7. The Morgan fingerprint density at radius 1 is 1.00 bits per heavy atom. The molecule has 7 nitrogen and oxygen atoms in total. The standard InChI is InChI=1S/C19H15IN2O5S/c20-16-11-10-14(13-27-15-6-2-1-3-7-15)12-17(16)21-28(25,26)19-9-5-4-8-18(19)22(23)24/h1-12,21H,13H2. The minimum atomic E-state index is -4.13. The molecule has 9 heteroatoms. The van der Waals surface area contributed by atoms with Crippen LogP contribution in [0.5, 0.6) is 5.75 Å². The number of benzene rings is 3. The molecule has 0 radical (unpaired) electrons. The third-order valence-electron chi connectivity index (χ3n) is 3.78. The van der Waals surface area contributed by atoms with Crippen LogP contribution >= 0.6 is 22.6 Å². The van der Waals surface area contributed by atoms with E-state index in [0.29, 0.717) is 15.0 Å². The lowest BCUT2D eigenvalue weighted by atomic mass is 10.2. The smallest absolute Gasteiger partial charge is 0.289 e. The van der Waals surface area contributed by atoms with E-state index in [0.717, 1.165) is 11.6 Å². The zero-order valence-electron chi connectivity index (χ0n) is 14.4. The molecule has 0 aliphatic heterocycles. The monoisotopic (exact) mass is 510 g/mol.